The van der Waals surface area contributed by atoms with Crippen molar-refractivity contribution in [1.29, 1.82) is 0 Å². The van der Waals surface area contributed by atoms with E-state index in [2.05, 4.69) is 29.8 Å². The van der Waals surface area contributed by atoms with Crippen LogP contribution in [-0.4, -0.2) is 21.6 Å². The van der Waals surface area contributed by atoms with E-state index >= 15 is 0 Å². The van der Waals surface area contributed by atoms with E-state index in [9.17, 15) is 4.79 Å². The average molecular weight is 365 g/mol. The summed E-state index contributed by atoms with van der Waals surface area (Å²) in [5.74, 6) is 1.38. The number of ether oxygens (including phenoxy) is 1. The summed E-state index contributed by atoms with van der Waals surface area (Å²) < 4.78 is 7.96. The lowest BCUT2D eigenvalue weighted by atomic mass is 10.2. The summed E-state index contributed by atoms with van der Waals surface area (Å²) in [5, 5.41) is 3.04. The smallest absolute Gasteiger partial charge is 0.261 e. The van der Waals surface area contributed by atoms with Crippen molar-refractivity contribution in [2.45, 2.75) is 52.8 Å². The first-order valence-electron chi connectivity index (χ1n) is 9.37. The van der Waals surface area contributed by atoms with Gasteiger partial charge in [0.15, 0.2) is 6.10 Å². The monoisotopic (exact) mass is 365 g/mol. The number of amides is 1. The molecule has 0 spiro atoms. The zero-order valence-corrected chi connectivity index (χ0v) is 16.6. The normalized spacial score (nSPS) is 13.6. The lowest BCUT2D eigenvalue weighted by Crippen LogP contribution is -2.38. The minimum Gasteiger partial charge on any atom is -0.481 e. The van der Waals surface area contributed by atoms with Gasteiger partial charge in [-0.2, -0.15) is 0 Å². The molecule has 1 aromatic heterocycles. The van der Waals surface area contributed by atoms with Gasteiger partial charge in [0.1, 0.15) is 11.6 Å². The third-order valence-corrected chi connectivity index (χ3v) is 4.56. The number of rotatable bonds is 6. The molecule has 0 radical (unpaired) electrons. The number of nitrogens with one attached hydrogen (secondary N) is 1. The standard InChI is InChI=1S/C22H27N3O2/c1-14(2)25-20-12-7-6-11-19(20)24-21(25)16(4)23-22(26)17(5)27-18-10-8-9-15(3)13-18/h6-14,16-17H,1-5H3,(H,23,26)/t16-,17+/m1/s1. The maximum Gasteiger partial charge on any atom is 0.261 e. The van der Waals surface area contributed by atoms with Crippen molar-refractivity contribution in [3.05, 3.63) is 59.9 Å². The Morgan fingerprint density at radius 2 is 1.81 bits per heavy atom. The molecule has 1 N–H and O–H groups in total. The fourth-order valence-electron chi connectivity index (χ4n) is 3.25. The lowest BCUT2D eigenvalue weighted by molar-refractivity contribution is -0.128. The molecule has 0 fully saturated rings. The molecule has 3 aromatic rings. The van der Waals surface area contributed by atoms with Gasteiger partial charge < -0.3 is 14.6 Å². The molecule has 2 atom stereocenters. The Labute approximate surface area is 160 Å². The lowest BCUT2D eigenvalue weighted by Gasteiger charge is -2.21. The maximum atomic E-state index is 12.6. The first kappa shape index (κ1) is 19.0. The summed E-state index contributed by atoms with van der Waals surface area (Å²) in [6, 6.07) is 15.8. The molecule has 0 saturated carbocycles. The Hall–Kier alpha value is -2.82. The second kappa shape index (κ2) is 7.82. The molecule has 5 nitrogen and oxygen atoms in total. The molecule has 0 aliphatic heterocycles. The number of benzene rings is 2. The third kappa shape index (κ3) is 4.13. The van der Waals surface area contributed by atoms with Gasteiger partial charge in [0.05, 0.1) is 17.1 Å². The van der Waals surface area contributed by atoms with Crippen LogP contribution in [0.4, 0.5) is 0 Å². The Morgan fingerprint density at radius 1 is 1.07 bits per heavy atom. The first-order valence-corrected chi connectivity index (χ1v) is 9.37. The van der Waals surface area contributed by atoms with E-state index in [1.807, 2.05) is 56.3 Å². The first-order chi connectivity index (χ1) is 12.9. The van der Waals surface area contributed by atoms with Crippen LogP contribution in [-0.2, 0) is 4.79 Å². The van der Waals surface area contributed by atoms with Crippen LogP contribution < -0.4 is 10.1 Å². The van der Waals surface area contributed by atoms with E-state index < -0.39 is 6.10 Å². The van der Waals surface area contributed by atoms with Crippen LogP contribution >= 0.6 is 0 Å². The van der Waals surface area contributed by atoms with Crippen LogP contribution in [0.15, 0.2) is 48.5 Å². The Kier molecular flexibility index (Phi) is 5.49. The number of nitrogens with zero attached hydrogens (tertiary/aromatic N) is 2. The van der Waals surface area contributed by atoms with Crippen LogP contribution in [0, 0.1) is 6.92 Å². The highest BCUT2D eigenvalue weighted by Gasteiger charge is 2.23. The molecule has 1 heterocycles. The quantitative estimate of drug-likeness (QED) is 0.696. The van der Waals surface area contributed by atoms with E-state index in [1.54, 1.807) is 6.92 Å². The van der Waals surface area contributed by atoms with E-state index in [0.29, 0.717) is 5.75 Å². The summed E-state index contributed by atoms with van der Waals surface area (Å²) in [6.45, 7) is 9.95. The van der Waals surface area contributed by atoms with Crippen LogP contribution in [0.3, 0.4) is 0 Å². The van der Waals surface area contributed by atoms with Crippen molar-refractivity contribution in [2.24, 2.45) is 0 Å². The van der Waals surface area contributed by atoms with Gasteiger partial charge in [-0.3, -0.25) is 4.79 Å². The van der Waals surface area contributed by atoms with Gasteiger partial charge in [0, 0.05) is 6.04 Å². The highest BCUT2D eigenvalue weighted by atomic mass is 16.5. The Bertz CT molecular complexity index is 946. The summed E-state index contributed by atoms with van der Waals surface area (Å²) in [6.07, 6.45) is -0.592. The van der Waals surface area contributed by atoms with Crippen molar-refractivity contribution < 1.29 is 9.53 Å². The molecule has 5 heteroatoms. The fraction of sp³-hybridized carbons (Fsp3) is 0.364. The number of hydrogen-bond donors (Lipinski definition) is 1. The number of para-hydroxylation sites is 2. The van der Waals surface area contributed by atoms with Gasteiger partial charge >= 0.3 is 0 Å². The average Bonchev–Trinajstić information content (AvgIpc) is 3.01. The van der Waals surface area contributed by atoms with Gasteiger partial charge in [0.25, 0.3) is 5.91 Å². The summed E-state index contributed by atoms with van der Waals surface area (Å²) in [7, 11) is 0. The number of carbonyl (C=O) groups is 1. The molecular weight excluding hydrogens is 338 g/mol. The molecule has 142 valence electrons. The largest absolute Gasteiger partial charge is 0.481 e. The SMILES string of the molecule is Cc1cccc(O[C@@H](C)C(=O)N[C@H](C)c2nc3ccccc3n2C(C)C)c1. The Morgan fingerprint density at radius 3 is 2.52 bits per heavy atom. The number of hydrogen-bond acceptors (Lipinski definition) is 3. The van der Waals surface area contributed by atoms with Crippen LogP contribution in [0.5, 0.6) is 5.75 Å². The van der Waals surface area contributed by atoms with Crippen LogP contribution in [0.2, 0.25) is 0 Å². The predicted octanol–water partition coefficient (Wildman–Crippen LogP) is 4.57. The highest BCUT2D eigenvalue weighted by molar-refractivity contribution is 5.81. The number of carbonyl (C=O) groups excluding carboxylic acids is 1. The van der Waals surface area contributed by atoms with Crippen molar-refractivity contribution in [3.8, 4) is 5.75 Å². The van der Waals surface area contributed by atoms with E-state index in [4.69, 9.17) is 9.72 Å². The van der Waals surface area contributed by atoms with Crippen molar-refractivity contribution in [1.82, 2.24) is 14.9 Å². The van der Waals surface area contributed by atoms with Crippen LogP contribution in [0.1, 0.15) is 51.2 Å². The number of imidazole rings is 1. The fourth-order valence-corrected chi connectivity index (χ4v) is 3.25. The second-order valence-corrected chi connectivity index (χ2v) is 7.23. The summed E-state index contributed by atoms with van der Waals surface area (Å²) >= 11 is 0. The molecule has 27 heavy (non-hydrogen) atoms. The van der Waals surface area contributed by atoms with Gasteiger partial charge in [-0.1, -0.05) is 24.3 Å². The number of aryl methyl sites for hydroxylation is 1. The third-order valence-electron chi connectivity index (χ3n) is 4.56. The van der Waals surface area contributed by atoms with Gasteiger partial charge in [-0.25, -0.2) is 4.98 Å². The zero-order chi connectivity index (χ0) is 19.6. The molecule has 0 unspecified atom stereocenters. The number of fused-ring (bicyclic) bond motifs is 1. The minimum atomic E-state index is -0.592. The molecule has 0 bridgehead atoms. The predicted molar refractivity (Wildman–Crippen MR) is 108 cm³/mol. The van der Waals surface area contributed by atoms with E-state index in [0.717, 1.165) is 22.4 Å². The van der Waals surface area contributed by atoms with E-state index in [1.165, 1.54) is 0 Å². The minimum absolute atomic E-state index is 0.161. The molecular formula is C22H27N3O2. The van der Waals surface area contributed by atoms with Crippen molar-refractivity contribution in [3.63, 3.8) is 0 Å². The molecule has 0 saturated heterocycles. The number of aromatic nitrogens is 2. The maximum absolute atomic E-state index is 12.6. The molecule has 2 aromatic carbocycles. The van der Waals surface area contributed by atoms with Crippen LogP contribution in [0.25, 0.3) is 11.0 Å². The van der Waals surface area contributed by atoms with Crippen molar-refractivity contribution in [2.75, 3.05) is 0 Å². The second-order valence-electron chi connectivity index (χ2n) is 7.23. The summed E-state index contributed by atoms with van der Waals surface area (Å²) in [5.41, 5.74) is 3.11. The van der Waals surface area contributed by atoms with E-state index in [-0.39, 0.29) is 18.0 Å². The summed E-state index contributed by atoms with van der Waals surface area (Å²) in [4.78, 5) is 17.4. The molecule has 0 aliphatic rings. The zero-order valence-electron chi connectivity index (χ0n) is 16.6. The molecule has 1 amide bonds. The molecule has 0 aliphatic carbocycles. The van der Waals surface area contributed by atoms with Gasteiger partial charge in [-0.15, -0.1) is 0 Å². The molecule has 3 rings (SSSR count). The topological polar surface area (TPSA) is 56.1 Å². The highest BCUT2D eigenvalue weighted by Crippen LogP contribution is 2.25. The van der Waals surface area contributed by atoms with Gasteiger partial charge in [-0.05, 0) is 64.4 Å². The van der Waals surface area contributed by atoms with Crippen molar-refractivity contribution >= 4 is 16.9 Å². The Balaban J connectivity index is 1.76. The van der Waals surface area contributed by atoms with Gasteiger partial charge in [0.2, 0.25) is 0 Å².